The standard InChI is InChI=1S/C32H32F2N6O3/c1-19(20-3-9-24(33)10-4-20)30(41)37-26-11-5-21(6-12-26)23-8-14-29(36-16-23)39-32(35)38-27-13-7-22(15-28(27)43-2)31(42)40-17-25(34)18-40/h3-16,19,25,30,37,41H,17-18H2,1-2H3,(H3,35,36,38,39). The number of hydrogen-bond donors (Lipinski definition) is 4. The number of anilines is 2. The Hall–Kier alpha value is -5.03. The molecule has 1 aliphatic heterocycles. The number of halogens is 2. The average molecular weight is 587 g/mol. The Morgan fingerprint density at radius 2 is 1.77 bits per heavy atom. The fourth-order valence-electron chi connectivity index (χ4n) is 4.62. The molecule has 1 aliphatic rings. The molecular formula is C32H32F2N6O3. The number of alkyl halides is 1. The molecule has 1 amide bonds. The number of aliphatic hydroxyl groups is 1. The van der Waals surface area contributed by atoms with Gasteiger partial charge in [0, 0.05) is 28.9 Å². The molecule has 2 heterocycles. The number of benzene rings is 3. The van der Waals surface area contributed by atoms with E-state index in [1.165, 1.54) is 24.1 Å². The van der Waals surface area contributed by atoms with Crippen molar-refractivity contribution in [3.8, 4) is 16.9 Å². The molecule has 222 valence electrons. The quantitative estimate of drug-likeness (QED) is 0.119. The van der Waals surface area contributed by atoms with Crippen molar-refractivity contribution in [2.24, 2.45) is 10.7 Å². The van der Waals surface area contributed by atoms with Crippen LogP contribution in [0.15, 0.2) is 90.1 Å². The van der Waals surface area contributed by atoms with Gasteiger partial charge in [0.1, 0.15) is 24.0 Å². The third-order valence-electron chi connectivity index (χ3n) is 7.22. The summed E-state index contributed by atoms with van der Waals surface area (Å²) in [5.41, 5.74) is 10.3. The van der Waals surface area contributed by atoms with Crippen molar-refractivity contribution in [3.63, 3.8) is 0 Å². The van der Waals surface area contributed by atoms with Crippen LogP contribution < -0.4 is 21.1 Å². The molecule has 9 nitrogen and oxygen atoms in total. The molecule has 2 atom stereocenters. The maximum atomic E-state index is 13.2. The van der Waals surface area contributed by atoms with Gasteiger partial charge in [-0.2, -0.15) is 4.99 Å². The van der Waals surface area contributed by atoms with Gasteiger partial charge < -0.3 is 31.1 Å². The van der Waals surface area contributed by atoms with Crippen molar-refractivity contribution in [1.82, 2.24) is 9.88 Å². The van der Waals surface area contributed by atoms with Crippen LogP contribution in [0.3, 0.4) is 0 Å². The van der Waals surface area contributed by atoms with E-state index in [0.29, 0.717) is 22.8 Å². The van der Waals surface area contributed by atoms with E-state index in [4.69, 9.17) is 10.5 Å². The van der Waals surface area contributed by atoms with E-state index in [-0.39, 0.29) is 36.7 Å². The maximum Gasteiger partial charge on any atom is 0.254 e. The fourth-order valence-corrected chi connectivity index (χ4v) is 4.62. The highest BCUT2D eigenvalue weighted by molar-refractivity contribution is 5.98. The van der Waals surface area contributed by atoms with Gasteiger partial charge in [-0.15, -0.1) is 0 Å². The van der Waals surface area contributed by atoms with Gasteiger partial charge in [-0.3, -0.25) is 4.79 Å². The summed E-state index contributed by atoms with van der Waals surface area (Å²) < 4.78 is 31.7. The van der Waals surface area contributed by atoms with Gasteiger partial charge in [0.25, 0.3) is 5.91 Å². The van der Waals surface area contributed by atoms with Crippen molar-refractivity contribution in [3.05, 3.63) is 102 Å². The van der Waals surface area contributed by atoms with Crippen molar-refractivity contribution >= 4 is 29.1 Å². The van der Waals surface area contributed by atoms with Crippen molar-refractivity contribution in [2.75, 3.05) is 30.8 Å². The number of methoxy groups -OCH3 is 1. The zero-order valence-corrected chi connectivity index (χ0v) is 23.7. The highest BCUT2D eigenvalue weighted by atomic mass is 19.1. The first-order valence-corrected chi connectivity index (χ1v) is 13.7. The van der Waals surface area contributed by atoms with Gasteiger partial charge in [-0.25, -0.2) is 13.8 Å². The number of aliphatic imine (C=N–C) groups is 1. The van der Waals surface area contributed by atoms with Gasteiger partial charge in [0.2, 0.25) is 0 Å². The Balaban J connectivity index is 1.19. The van der Waals surface area contributed by atoms with Gasteiger partial charge in [0.05, 0.1) is 25.9 Å². The van der Waals surface area contributed by atoms with Crippen LogP contribution in [-0.4, -0.2) is 59.5 Å². The van der Waals surface area contributed by atoms with Crippen LogP contribution in [0.25, 0.3) is 11.1 Å². The number of guanidine groups is 1. The van der Waals surface area contributed by atoms with Crippen LogP contribution in [-0.2, 0) is 0 Å². The fraction of sp³-hybridized carbons (Fsp3) is 0.219. The molecule has 3 aromatic carbocycles. The molecule has 0 spiro atoms. The lowest BCUT2D eigenvalue weighted by atomic mass is 9.99. The van der Waals surface area contributed by atoms with E-state index in [0.717, 1.165) is 22.4 Å². The number of carbonyl (C=O) groups excluding carboxylic acids is 1. The Morgan fingerprint density at radius 3 is 2.40 bits per heavy atom. The first kappa shape index (κ1) is 29.5. The first-order chi connectivity index (χ1) is 20.7. The van der Waals surface area contributed by atoms with Crippen LogP contribution >= 0.6 is 0 Å². The van der Waals surface area contributed by atoms with Crippen molar-refractivity contribution < 1.29 is 23.4 Å². The van der Waals surface area contributed by atoms with Crippen molar-refractivity contribution in [2.45, 2.75) is 25.2 Å². The maximum absolute atomic E-state index is 13.2. The second-order valence-corrected chi connectivity index (χ2v) is 10.3. The zero-order valence-electron chi connectivity index (χ0n) is 23.7. The number of nitrogens with one attached hydrogen (secondary N) is 2. The lowest BCUT2D eigenvalue weighted by Crippen LogP contribution is -2.51. The number of rotatable bonds is 9. The minimum absolute atomic E-state index is 0.0736. The predicted molar refractivity (Wildman–Crippen MR) is 163 cm³/mol. The minimum atomic E-state index is -0.974. The summed E-state index contributed by atoms with van der Waals surface area (Å²) >= 11 is 0. The Morgan fingerprint density at radius 1 is 1.07 bits per heavy atom. The van der Waals surface area contributed by atoms with Crippen LogP contribution in [0.5, 0.6) is 5.75 Å². The summed E-state index contributed by atoms with van der Waals surface area (Å²) in [6.45, 7) is 2.06. The normalized spacial score (nSPS) is 14.9. The number of likely N-dealkylation sites (tertiary alicyclic amines) is 1. The average Bonchev–Trinajstić information content (AvgIpc) is 3.00. The number of nitrogens with two attached hydrogens (primary N) is 1. The third-order valence-corrected chi connectivity index (χ3v) is 7.22. The van der Waals surface area contributed by atoms with Crippen molar-refractivity contribution in [1.29, 1.82) is 0 Å². The molecule has 11 heteroatoms. The monoisotopic (exact) mass is 586 g/mol. The molecule has 2 unspecified atom stereocenters. The SMILES string of the molecule is COc1cc(C(=O)N2CC(F)C2)ccc1NC(N)=Nc1ccc(-c2ccc(NC(O)C(C)c3ccc(F)cc3)cc2)cn1. The number of aliphatic hydroxyl groups excluding tert-OH is 1. The predicted octanol–water partition coefficient (Wildman–Crippen LogP) is 5.28. The lowest BCUT2D eigenvalue weighted by molar-refractivity contribution is 0.0400. The van der Waals surface area contributed by atoms with Gasteiger partial charge in [-0.05, 0) is 65.7 Å². The Labute approximate surface area is 248 Å². The number of nitrogens with zero attached hydrogens (tertiary/aromatic N) is 3. The summed E-state index contributed by atoms with van der Waals surface area (Å²) in [6, 6.07) is 22.1. The van der Waals surface area contributed by atoms with E-state index in [9.17, 15) is 18.7 Å². The first-order valence-electron chi connectivity index (χ1n) is 13.7. The van der Waals surface area contributed by atoms with Gasteiger partial charge >= 0.3 is 0 Å². The smallest absolute Gasteiger partial charge is 0.254 e. The summed E-state index contributed by atoms with van der Waals surface area (Å²) in [7, 11) is 1.48. The highest BCUT2D eigenvalue weighted by Gasteiger charge is 2.31. The number of amides is 1. The zero-order chi connectivity index (χ0) is 30.5. The van der Waals surface area contributed by atoms with Gasteiger partial charge in [-0.1, -0.05) is 31.2 Å². The summed E-state index contributed by atoms with van der Waals surface area (Å²) in [5.74, 6) is 0.0256. The van der Waals surface area contributed by atoms with Crippen LogP contribution in [0.2, 0.25) is 0 Å². The molecule has 5 rings (SSSR count). The number of hydrogen-bond acceptors (Lipinski definition) is 6. The molecule has 1 fully saturated rings. The molecule has 1 aromatic heterocycles. The number of carbonyl (C=O) groups is 1. The second kappa shape index (κ2) is 12.9. The highest BCUT2D eigenvalue weighted by Crippen LogP contribution is 2.28. The number of aromatic nitrogens is 1. The van der Waals surface area contributed by atoms with E-state index >= 15 is 0 Å². The molecule has 0 bridgehead atoms. The van der Waals surface area contributed by atoms with Crippen LogP contribution in [0, 0.1) is 5.82 Å². The third kappa shape index (κ3) is 7.07. The van der Waals surface area contributed by atoms with E-state index < -0.39 is 12.4 Å². The number of pyridine rings is 1. The second-order valence-electron chi connectivity index (χ2n) is 10.3. The van der Waals surface area contributed by atoms with E-state index in [1.54, 1.807) is 42.6 Å². The molecular weight excluding hydrogens is 554 g/mol. The lowest BCUT2D eigenvalue weighted by Gasteiger charge is -2.34. The number of ether oxygens (including phenoxy) is 1. The molecule has 0 aliphatic carbocycles. The van der Waals surface area contributed by atoms with Crippen LogP contribution in [0.4, 0.5) is 26.0 Å². The summed E-state index contributed by atoms with van der Waals surface area (Å²) in [5, 5.41) is 16.6. The molecule has 4 aromatic rings. The minimum Gasteiger partial charge on any atom is -0.495 e. The van der Waals surface area contributed by atoms with Crippen LogP contribution in [0.1, 0.15) is 28.8 Å². The molecule has 43 heavy (non-hydrogen) atoms. The summed E-state index contributed by atoms with van der Waals surface area (Å²) in [4.78, 5) is 22.6. The summed E-state index contributed by atoms with van der Waals surface area (Å²) in [6.07, 6.45) is -0.150. The molecule has 5 N–H and O–H groups in total. The molecule has 1 saturated heterocycles. The van der Waals surface area contributed by atoms with Gasteiger partial charge in [0.15, 0.2) is 11.8 Å². The largest absolute Gasteiger partial charge is 0.495 e. The topological polar surface area (TPSA) is 125 Å². The molecule has 0 saturated carbocycles. The Bertz CT molecular complexity index is 1590. The molecule has 0 radical (unpaired) electrons. The Kier molecular flexibility index (Phi) is 8.82. The van der Waals surface area contributed by atoms with E-state index in [1.807, 2.05) is 37.3 Å². The van der Waals surface area contributed by atoms with E-state index in [2.05, 4.69) is 20.6 Å².